The normalized spacial score (nSPS) is 18.7. The lowest BCUT2D eigenvalue weighted by molar-refractivity contribution is -0.116. The summed E-state index contributed by atoms with van der Waals surface area (Å²) in [6.07, 6.45) is 4.54. The molecule has 0 aliphatic carbocycles. The van der Waals surface area contributed by atoms with Crippen LogP contribution in [0.4, 0.5) is 5.69 Å². The first-order valence-corrected chi connectivity index (χ1v) is 12.9. The van der Waals surface area contributed by atoms with Gasteiger partial charge < -0.3 is 25.0 Å². The second-order valence-electron chi connectivity index (χ2n) is 10.3. The average Bonchev–Trinajstić information content (AvgIpc) is 2.86. The minimum absolute atomic E-state index is 0.0297. The summed E-state index contributed by atoms with van der Waals surface area (Å²) in [6, 6.07) is 8.87. The summed E-state index contributed by atoms with van der Waals surface area (Å²) in [6.45, 7) is 6.46. The Kier molecular flexibility index (Phi) is 10.4. The molecule has 3 atom stereocenters. The van der Waals surface area contributed by atoms with Gasteiger partial charge in [0.2, 0.25) is 5.91 Å². The molecule has 0 unspecified atom stereocenters. The first kappa shape index (κ1) is 28.6. The number of aliphatic hydroxyl groups is 1. The number of hydrogen-bond acceptors (Lipinski definition) is 7. The third kappa shape index (κ3) is 8.24. The quantitative estimate of drug-likeness (QED) is 0.479. The number of rotatable bonds is 11. The van der Waals surface area contributed by atoms with E-state index in [1.165, 1.54) is 0 Å². The fraction of sp³-hybridized carbons (Fsp3) is 0.536. The van der Waals surface area contributed by atoms with E-state index in [9.17, 15) is 14.7 Å². The SMILES string of the molecule is C[C@H](CO)N1C[C@H](C)[C@H](CN(C)Cc2ccncc2)Oc2ccc(NC(=O)CCCN(C)C)cc2C1=O. The van der Waals surface area contributed by atoms with E-state index in [1.807, 2.05) is 45.1 Å². The standard InChI is InChI=1S/C28H41N5O4/c1-20-16-33(21(2)19-34)28(36)24-15-23(30-27(35)7-6-14-31(3)4)8-9-25(24)37-26(20)18-32(5)17-22-10-12-29-13-11-22/h8-13,15,20-21,26,34H,6-7,14,16-19H2,1-5H3,(H,30,35)/t20-,21+,26-/m0/s1. The molecule has 1 aliphatic rings. The van der Waals surface area contributed by atoms with Crippen LogP contribution in [0.3, 0.4) is 0 Å². The highest BCUT2D eigenvalue weighted by Gasteiger charge is 2.33. The van der Waals surface area contributed by atoms with Crippen LogP contribution in [0.1, 0.15) is 42.6 Å². The van der Waals surface area contributed by atoms with Crippen molar-refractivity contribution in [2.45, 2.75) is 45.4 Å². The maximum atomic E-state index is 13.6. The van der Waals surface area contributed by atoms with Gasteiger partial charge in [0.15, 0.2) is 0 Å². The number of hydrogen-bond donors (Lipinski definition) is 2. The number of nitrogens with one attached hydrogen (secondary N) is 1. The Bertz CT molecular complexity index is 1030. The Balaban J connectivity index is 1.82. The van der Waals surface area contributed by atoms with Crippen LogP contribution in [0.25, 0.3) is 0 Å². The molecule has 0 bridgehead atoms. The number of aliphatic hydroxyl groups excluding tert-OH is 1. The predicted octanol–water partition coefficient (Wildman–Crippen LogP) is 2.71. The van der Waals surface area contributed by atoms with Gasteiger partial charge in [0.1, 0.15) is 11.9 Å². The van der Waals surface area contributed by atoms with Gasteiger partial charge in [-0.1, -0.05) is 6.92 Å². The van der Waals surface area contributed by atoms with Gasteiger partial charge in [0.05, 0.1) is 18.2 Å². The van der Waals surface area contributed by atoms with Crippen molar-refractivity contribution in [3.63, 3.8) is 0 Å². The Labute approximate surface area is 220 Å². The lowest BCUT2D eigenvalue weighted by Crippen LogP contribution is -2.49. The topological polar surface area (TPSA) is 98.2 Å². The molecule has 0 fully saturated rings. The van der Waals surface area contributed by atoms with Crippen molar-refractivity contribution in [1.29, 1.82) is 0 Å². The van der Waals surface area contributed by atoms with Gasteiger partial charge >= 0.3 is 0 Å². The Morgan fingerprint density at radius 1 is 1.24 bits per heavy atom. The van der Waals surface area contributed by atoms with E-state index in [2.05, 4.69) is 22.1 Å². The van der Waals surface area contributed by atoms with Crippen molar-refractivity contribution in [3.05, 3.63) is 53.9 Å². The van der Waals surface area contributed by atoms with Crippen LogP contribution in [0, 0.1) is 5.92 Å². The van der Waals surface area contributed by atoms with E-state index in [-0.39, 0.29) is 36.5 Å². The van der Waals surface area contributed by atoms with Gasteiger partial charge in [0.25, 0.3) is 5.91 Å². The summed E-state index contributed by atoms with van der Waals surface area (Å²) in [5.41, 5.74) is 2.11. The summed E-state index contributed by atoms with van der Waals surface area (Å²) in [5, 5.41) is 12.8. The molecule has 1 aromatic carbocycles. The monoisotopic (exact) mass is 511 g/mol. The zero-order valence-corrected chi connectivity index (χ0v) is 22.7. The number of amides is 2. The van der Waals surface area contributed by atoms with E-state index < -0.39 is 0 Å². The van der Waals surface area contributed by atoms with Gasteiger partial charge in [-0.3, -0.25) is 19.5 Å². The third-order valence-electron chi connectivity index (χ3n) is 6.65. The second-order valence-corrected chi connectivity index (χ2v) is 10.3. The summed E-state index contributed by atoms with van der Waals surface area (Å²) < 4.78 is 6.46. The molecular weight excluding hydrogens is 470 g/mol. The summed E-state index contributed by atoms with van der Waals surface area (Å²) in [7, 11) is 6.00. The summed E-state index contributed by atoms with van der Waals surface area (Å²) >= 11 is 0. The number of carbonyl (C=O) groups is 2. The second kappa shape index (κ2) is 13.5. The van der Waals surface area contributed by atoms with Crippen LogP contribution in [0.2, 0.25) is 0 Å². The lowest BCUT2D eigenvalue weighted by atomic mass is 9.99. The van der Waals surface area contributed by atoms with Gasteiger partial charge in [-0.25, -0.2) is 0 Å². The highest BCUT2D eigenvalue weighted by molar-refractivity contribution is 5.99. The van der Waals surface area contributed by atoms with Crippen LogP contribution < -0.4 is 10.1 Å². The Hall–Kier alpha value is -3.01. The summed E-state index contributed by atoms with van der Waals surface area (Å²) in [5.74, 6) is 0.211. The van der Waals surface area contributed by atoms with Crippen molar-refractivity contribution in [1.82, 2.24) is 19.7 Å². The third-order valence-corrected chi connectivity index (χ3v) is 6.65. The zero-order valence-electron chi connectivity index (χ0n) is 22.7. The molecule has 37 heavy (non-hydrogen) atoms. The molecule has 2 amide bonds. The molecule has 1 aliphatic heterocycles. The zero-order chi connectivity index (χ0) is 26.9. The number of ether oxygens (including phenoxy) is 1. The van der Waals surface area contributed by atoms with Crippen molar-refractivity contribution in [2.24, 2.45) is 5.92 Å². The molecule has 202 valence electrons. The minimum atomic E-state index is -0.347. The maximum Gasteiger partial charge on any atom is 0.258 e. The number of nitrogens with zero attached hydrogens (tertiary/aromatic N) is 4. The number of anilines is 1. The molecule has 0 saturated carbocycles. The first-order valence-electron chi connectivity index (χ1n) is 12.9. The highest BCUT2D eigenvalue weighted by Crippen LogP contribution is 2.31. The van der Waals surface area contributed by atoms with Crippen LogP contribution in [-0.4, -0.2) is 96.1 Å². The van der Waals surface area contributed by atoms with Crippen molar-refractivity contribution < 1.29 is 19.4 Å². The van der Waals surface area contributed by atoms with Gasteiger partial charge in [-0.15, -0.1) is 0 Å². The summed E-state index contributed by atoms with van der Waals surface area (Å²) in [4.78, 5) is 36.1. The predicted molar refractivity (Wildman–Crippen MR) is 145 cm³/mol. The molecule has 9 heteroatoms. The molecular formula is C28H41N5O4. The van der Waals surface area contributed by atoms with Crippen LogP contribution in [-0.2, 0) is 11.3 Å². The number of benzene rings is 1. The maximum absolute atomic E-state index is 13.6. The van der Waals surface area contributed by atoms with E-state index in [4.69, 9.17) is 4.74 Å². The lowest BCUT2D eigenvalue weighted by Gasteiger charge is -2.38. The van der Waals surface area contributed by atoms with Crippen LogP contribution in [0.15, 0.2) is 42.7 Å². The van der Waals surface area contributed by atoms with Crippen molar-refractivity contribution in [2.75, 3.05) is 52.7 Å². The van der Waals surface area contributed by atoms with Crippen LogP contribution in [0.5, 0.6) is 5.75 Å². The van der Waals surface area contributed by atoms with Crippen LogP contribution >= 0.6 is 0 Å². The molecule has 0 saturated heterocycles. The van der Waals surface area contributed by atoms with Gasteiger partial charge in [-0.05, 0) is 76.9 Å². The molecule has 9 nitrogen and oxygen atoms in total. The largest absolute Gasteiger partial charge is 0.488 e. The van der Waals surface area contributed by atoms with E-state index in [0.29, 0.717) is 36.5 Å². The molecule has 2 N–H and O–H groups in total. The fourth-order valence-corrected chi connectivity index (χ4v) is 4.47. The molecule has 2 heterocycles. The molecule has 0 radical (unpaired) electrons. The number of aromatic nitrogens is 1. The Morgan fingerprint density at radius 3 is 2.65 bits per heavy atom. The smallest absolute Gasteiger partial charge is 0.258 e. The number of fused-ring (bicyclic) bond motifs is 1. The van der Waals surface area contributed by atoms with E-state index in [0.717, 1.165) is 25.1 Å². The number of likely N-dealkylation sites (N-methyl/N-ethyl adjacent to an activating group) is 1. The van der Waals surface area contributed by atoms with E-state index in [1.54, 1.807) is 35.5 Å². The molecule has 0 spiro atoms. The first-order chi connectivity index (χ1) is 17.7. The highest BCUT2D eigenvalue weighted by atomic mass is 16.5. The Morgan fingerprint density at radius 2 is 1.97 bits per heavy atom. The average molecular weight is 512 g/mol. The van der Waals surface area contributed by atoms with E-state index >= 15 is 0 Å². The molecule has 3 rings (SSSR count). The number of carbonyl (C=O) groups excluding carboxylic acids is 2. The molecule has 2 aromatic rings. The fourth-order valence-electron chi connectivity index (χ4n) is 4.47. The minimum Gasteiger partial charge on any atom is -0.488 e. The molecule has 1 aromatic heterocycles. The van der Waals surface area contributed by atoms with Gasteiger partial charge in [-0.2, -0.15) is 0 Å². The van der Waals surface area contributed by atoms with Crippen molar-refractivity contribution in [3.8, 4) is 5.75 Å². The van der Waals surface area contributed by atoms with Crippen molar-refractivity contribution >= 4 is 17.5 Å². The number of pyridine rings is 1. The van der Waals surface area contributed by atoms with Gasteiger partial charge in [0, 0.05) is 50.1 Å².